The predicted molar refractivity (Wildman–Crippen MR) is 69.4 cm³/mol. The maximum absolute atomic E-state index is 11.5. The first-order valence-electron chi connectivity index (χ1n) is 5.10. The monoisotopic (exact) mass is 252 g/mol. The molecule has 0 aliphatic carbocycles. The van der Waals surface area contributed by atoms with E-state index in [4.69, 9.17) is 12.8 Å². The highest BCUT2D eigenvalue weighted by Gasteiger charge is 2.20. The van der Waals surface area contributed by atoms with Gasteiger partial charge in [0, 0.05) is 17.2 Å². The van der Waals surface area contributed by atoms with Crippen molar-refractivity contribution in [2.45, 2.75) is 6.42 Å². The molecular formula is C11H12N2OS2. The Balaban J connectivity index is 2.41. The first-order valence-corrected chi connectivity index (χ1v) is 6.45. The third kappa shape index (κ3) is 2.54. The second kappa shape index (κ2) is 5.32. The molecule has 0 radical (unpaired) electrons. The summed E-state index contributed by atoms with van der Waals surface area (Å²) in [6.45, 7) is 0.905. The standard InChI is InChI=1S/C11H12N2OS2/c14-13(15)10(9-5-2-1-3-6-9)11-12-7-4-8-16-11/h1-3,5-6,12H,4,7-8H2. The summed E-state index contributed by atoms with van der Waals surface area (Å²) in [5.74, 6) is 1.03. The van der Waals surface area contributed by atoms with Crippen LogP contribution in [0.5, 0.6) is 0 Å². The van der Waals surface area contributed by atoms with Gasteiger partial charge in [-0.15, -0.1) is 11.8 Å². The fraction of sp³-hybridized carbons (Fsp3) is 0.273. The highest BCUT2D eigenvalue weighted by Crippen LogP contribution is 2.28. The quantitative estimate of drug-likeness (QED) is 0.646. The smallest absolute Gasteiger partial charge is 0.274 e. The van der Waals surface area contributed by atoms with Crippen molar-refractivity contribution in [3.63, 3.8) is 0 Å². The molecular weight excluding hydrogens is 240 g/mol. The number of benzene rings is 1. The van der Waals surface area contributed by atoms with Gasteiger partial charge in [0.15, 0.2) is 0 Å². The molecule has 1 aromatic carbocycles. The second-order valence-electron chi connectivity index (χ2n) is 3.43. The lowest BCUT2D eigenvalue weighted by Crippen LogP contribution is -2.21. The Morgan fingerprint density at radius 2 is 2.12 bits per heavy atom. The van der Waals surface area contributed by atoms with Crippen molar-refractivity contribution in [1.82, 2.24) is 5.32 Å². The van der Waals surface area contributed by atoms with Gasteiger partial charge in [0.05, 0.1) is 5.56 Å². The summed E-state index contributed by atoms with van der Waals surface area (Å²) in [5, 5.41) is 4.12. The molecule has 0 saturated carbocycles. The van der Waals surface area contributed by atoms with Gasteiger partial charge in [0.25, 0.3) is 5.70 Å². The van der Waals surface area contributed by atoms with E-state index in [9.17, 15) is 4.91 Å². The van der Waals surface area contributed by atoms with E-state index < -0.39 is 0 Å². The summed E-state index contributed by atoms with van der Waals surface area (Å²) < 4.78 is 0.524. The molecule has 0 spiro atoms. The first kappa shape index (κ1) is 11.4. The minimum absolute atomic E-state index is 0.524. The van der Waals surface area contributed by atoms with Gasteiger partial charge in [-0.3, -0.25) is 0 Å². The lowest BCUT2D eigenvalue weighted by Gasteiger charge is -2.17. The molecule has 5 heteroatoms. The average molecular weight is 252 g/mol. The van der Waals surface area contributed by atoms with Gasteiger partial charge in [-0.1, -0.05) is 22.4 Å². The SMILES string of the molecule is O=[N+]([S-])C(=C1NCCCS1)c1ccccc1. The molecule has 3 nitrogen and oxygen atoms in total. The fourth-order valence-corrected chi connectivity index (χ4v) is 2.86. The van der Waals surface area contributed by atoms with E-state index in [1.807, 2.05) is 30.3 Å². The molecule has 1 aromatic rings. The van der Waals surface area contributed by atoms with Crippen molar-refractivity contribution in [1.29, 1.82) is 0 Å². The van der Waals surface area contributed by atoms with E-state index >= 15 is 0 Å². The van der Waals surface area contributed by atoms with Gasteiger partial charge in [-0.05, 0) is 18.6 Å². The Morgan fingerprint density at radius 1 is 1.38 bits per heavy atom. The zero-order valence-corrected chi connectivity index (χ0v) is 10.3. The van der Waals surface area contributed by atoms with Crippen LogP contribution in [0, 0.1) is 4.91 Å². The van der Waals surface area contributed by atoms with Gasteiger partial charge in [-0.25, -0.2) is 0 Å². The molecule has 0 atom stereocenters. The Morgan fingerprint density at radius 3 is 2.69 bits per heavy atom. The van der Waals surface area contributed by atoms with Crippen LogP contribution in [-0.4, -0.2) is 16.5 Å². The molecule has 1 saturated heterocycles. The number of hydrogen-bond donors (Lipinski definition) is 1. The van der Waals surface area contributed by atoms with Crippen LogP contribution < -0.4 is 5.32 Å². The molecule has 2 rings (SSSR count). The maximum atomic E-state index is 11.5. The van der Waals surface area contributed by atoms with Gasteiger partial charge in [-0.2, -0.15) is 0 Å². The van der Waals surface area contributed by atoms with E-state index in [2.05, 4.69) is 5.32 Å². The van der Waals surface area contributed by atoms with E-state index in [1.165, 1.54) is 0 Å². The summed E-state index contributed by atoms with van der Waals surface area (Å²) in [6.07, 6.45) is 1.12. The van der Waals surface area contributed by atoms with Crippen molar-refractivity contribution >= 4 is 30.3 Å². The van der Waals surface area contributed by atoms with Crippen molar-refractivity contribution < 1.29 is 4.17 Å². The first-order chi connectivity index (χ1) is 7.79. The molecule has 0 unspecified atom stereocenters. The number of hydrogen-bond acceptors (Lipinski definition) is 4. The molecule has 1 heterocycles. The molecule has 16 heavy (non-hydrogen) atoms. The van der Waals surface area contributed by atoms with Crippen LogP contribution in [0.2, 0.25) is 0 Å². The third-order valence-corrected chi connectivity index (χ3v) is 3.60. The highest BCUT2D eigenvalue weighted by atomic mass is 32.2. The number of nitrogens with one attached hydrogen (secondary N) is 1. The summed E-state index contributed by atoms with van der Waals surface area (Å²) in [6, 6.07) is 9.53. The molecule has 84 valence electrons. The van der Waals surface area contributed by atoms with Crippen LogP contribution >= 0.6 is 11.8 Å². The molecule has 1 aliphatic heterocycles. The van der Waals surface area contributed by atoms with Crippen molar-refractivity contribution in [2.75, 3.05) is 12.3 Å². The number of thioether (sulfide) groups is 1. The topological polar surface area (TPSA) is 32.1 Å². The molecule has 1 aliphatic rings. The summed E-state index contributed by atoms with van der Waals surface area (Å²) in [5.41, 5.74) is 1.42. The Labute approximate surface area is 104 Å². The number of rotatable bonds is 2. The van der Waals surface area contributed by atoms with Gasteiger partial charge < -0.3 is 18.1 Å². The normalized spacial score (nSPS) is 18.8. The zero-order valence-electron chi connectivity index (χ0n) is 8.68. The minimum Gasteiger partial charge on any atom is -0.374 e. The van der Waals surface area contributed by atoms with Crippen LogP contribution in [0.25, 0.3) is 5.70 Å². The van der Waals surface area contributed by atoms with Crippen molar-refractivity contribution in [2.24, 2.45) is 0 Å². The Hall–Kier alpha value is -1.07. The van der Waals surface area contributed by atoms with Gasteiger partial charge in [0.1, 0.15) is 5.03 Å². The van der Waals surface area contributed by atoms with Crippen molar-refractivity contribution in [3.8, 4) is 0 Å². The van der Waals surface area contributed by atoms with Crippen molar-refractivity contribution in [3.05, 3.63) is 45.8 Å². The zero-order chi connectivity index (χ0) is 11.4. The van der Waals surface area contributed by atoms with Crippen LogP contribution in [0.15, 0.2) is 35.4 Å². The average Bonchev–Trinajstić information content (AvgIpc) is 2.31. The van der Waals surface area contributed by atoms with E-state index in [0.717, 1.165) is 29.3 Å². The number of nitrogens with zero attached hydrogens (tertiary/aromatic N) is 1. The predicted octanol–water partition coefficient (Wildman–Crippen LogP) is 2.28. The minimum atomic E-state index is 0.524. The maximum Gasteiger partial charge on any atom is 0.274 e. The molecule has 1 fully saturated rings. The van der Waals surface area contributed by atoms with E-state index in [0.29, 0.717) is 9.86 Å². The molecule has 1 N–H and O–H groups in total. The van der Waals surface area contributed by atoms with E-state index in [-0.39, 0.29) is 0 Å². The van der Waals surface area contributed by atoms with Crippen LogP contribution in [-0.2, 0) is 12.8 Å². The highest BCUT2D eigenvalue weighted by molar-refractivity contribution is 8.03. The summed E-state index contributed by atoms with van der Waals surface area (Å²) in [7, 11) is 0. The Bertz CT molecular complexity index is 409. The van der Waals surface area contributed by atoms with Crippen LogP contribution in [0.4, 0.5) is 0 Å². The second-order valence-corrected chi connectivity index (χ2v) is 4.87. The Kier molecular flexibility index (Phi) is 3.79. The molecule has 0 bridgehead atoms. The molecule has 0 aromatic heterocycles. The third-order valence-electron chi connectivity index (χ3n) is 2.30. The van der Waals surface area contributed by atoms with Gasteiger partial charge >= 0.3 is 0 Å². The summed E-state index contributed by atoms with van der Waals surface area (Å²) >= 11 is 6.38. The fourth-order valence-electron chi connectivity index (χ4n) is 1.57. The van der Waals surface area contributed by atoms with Gasteiger partial charge in [0.2, 0.25) is 0 Å². The lowest BCUT2D eigenvalue weighted by molar-refractivity contribution is -0.253. The van der Waals surface area contributed by atoms with Crippen LogP contribution in [0.3, 0.4) is 0 Å². The van der Waals surface area contributed by atoms with Crippen LogP contribution in [0.1, 0.15) is 12.0 Å². The lowest BCUT2D eigenvalue weighted by atomic mass is 10.2. The van der Waals surface area contributed by atoms with E-state index in [1.54, 1.807) is 11.8 Å². The summed E-state index contributed by atoms with van der Waals surface area (Å²) in [4.78, 5) is 11.5. The largest absolute Gasteiger partial charge is 0.374 e. The number of nitroso groups, excluding NO2 is 1. The molecule has 0 amide bonds.